The van der Waals surface area contributed by atoms with Crippen molar-refractivity contribution in [2.45, 2.75) is 95.5 Å². The Balaban J connectivity index is 1.54. The van der Waals surface area contributed by atoms with E-state index in [4.69, 9.17) is 9.47 Å². The second kappa shape index (κ2) is 6.55. The van der Waals surface area contributed by atoms with Crippen LogP contribution in [0.25, 0.3) is 0 Å². The molecule has 0 bridgehead atoms. The topological polar surface area (TPSA) is 41.9 Å². The van der Waals surface area contributed by atoms with Gasteiger partial charge in [0.15, 0.2) is 5.79 Å². The van der Waals surface area contributed by atoms with Crippen LogP contribution in [-0.4, -0.2) is 53.7 Å². The van der Waals surface area contributed by atoms with E-state index >= 15 is 0 Å². The SMILES string of the molecule is CC1=C([C@]23CCN(CC4CC4)C(C)[C@]2(O)CCC2(C3)OCCO2)CCCC1. The molecule has 27 heavy (non-hydrogen) atoms. The summed E-state index contributed by atoms with van der Waals surface area (Å²) in [6.45, 7) is 8.31. The third kappa shape index (κ3) is 2.86. The molecule has 0 aromatic rings. The summed E-state index contributed by atoms with van der Waals surface area (Å²) < 4.78 is 12.4. The van der Waals surface area contributed by atoms with Gasteiger partial charge in [0.2, 0.25) is 0 Å². The highest BCUT2D eigenvalue weighted by atomic mass is 16.7. The third-order valence-corrected chi connectivity index (χ3v) is 8.68. The number of fused-ring (bicyclic) bond motifs is 1. The first-order chi connectivity index (χ1) is 13.0. The van der Waals surface area contributed by atoms with Gasteiger partial charge in [-0.15, -0.1) is 0 Å². The van der Waals surface area contributed by atoms with Gasteiger partial charge in [-0.25, -0.2) is 0 Å². The van der Waals surface area contributed by atoms with Gasteiger partial charge < -0.3 is 14.6 Å². The number of rotatable bonds is 3. The third-order valence-electron chi connectivity index (χ3n) is 8.68. The minimum Gasteiger partial charge on any atom is -0.387 e. The molecule has 0 amide bonds. The van der Waals surface area contributed by atoms with Crippen molar-refractivity contribution in [3.8, 4) is 0 Å². The summed E-state index contributed by atoms with van der Waals surface area (Å²) in [4.78, 5) is 2.60. The van der Waals surface area contributed by atoms with Crippen LogP contribution >= 0.6 is 0 Å². The Hall–Kier alpha value is -0.420. The van der Waals surface area contributed by atoms with Crippen molar-refractivity contribution < 1.29 is 14.6 Å². The number of hydrogen-bond acceptors (Lipinski definition) is 4. The van der Waals surface area contributed by atoms with Gasteiger partial charge in [0, 0.05) is 30.8 Å². The van der Waals surface area contributed by atoms with Gasteiger partial charge in [0.25, 0.3) is 0 Å². The highest BCUT2D eigenvalue weighted by molar-refractivity contribution is 5.33. The second-order valence-electron chi connectivity index (χ2n) is 10.1. The number of likely N-dealkylation sites (tertiary alicyclic amines) is 1. The van der Waals surface area contributed by atoms with E-state index in [1.165, 1.54) is 44.2 Å². The van der Waals surface area contributed by atoms with Crippen molar-refractivity contribution >= 4 is 0 Å². The lowest BCUT2D eigenvalue weighted by atomic mass is 9.50. The smallest absolute Gasteiger partial charge is 0.169 e. The van der Waals surface area contributed by atoms with Crippen molar-refractivity contribution in [2.75, 3.05) is 26.3 Å². The molecule has 0 aromatic carbocycles. The molecule has 3 aliphatic carbocycles. The van der Waals surface area contributed by atoms with Crippen LogP contribution in [0.4, 0.5) is 0 Å². The first-order valence-corrected chi connectivity index (χ1v) is 11.4. The van der Waals surface area contributed by atoms with E-state index in [-0.39, 0.29) is 11.5 Å². The quantitative estimate of drug-likeness (QED) is 0.757. The van der Waals surface area contributed by atoms with Crippen molar-refractivity contribution in [3.63, 3.8) is 0 Å². The highest BCUT2D eigenvalue weighted by Gasteiger charge is 2.66. The molecule has 152 valence electrons. The van der Waals surface area contributed by atoms with E-state index in [1.54, 1.807) is 5.57 Å². The Morgan fingerprint density at radius 2 is 1.81 bits per heavy atom. The Morgan fingerprint density at radius 3 is 2.52 bits per heavy atom. The molecular formula is C23H37NO3. The lowest BCUT2D eigenvalue weighted by Crippen LogP contribution is -2.70. The Bertz CT molecular complexity index is 621. The van der Waals surface area contributed by atoms with Gasteiger partial charge in [0.05, 0.1) is 18.8 Å². The van der Waals surface area contributed by atoms with Crippen LogP contribution in [0, 0.1) is 11.3 Å². The molecule has 1 N–H and O–H groups in total. The predicted molar refractivity (Wildman–Crippen MR) is 105 cm³/mol. The lowest BCUT2D eigenvalue weighted by Gasteiger charge is -2.63. The maximum atomic E-state index is 12.3. The average Bonchev–Trinajstić information content (AvgIpc) is 3.38. The fourth-order valence-corrected chi connectivity index (χ4v) is 6.91. The molecule has 2 aliphatic heterocycles. The normalized spacial score (nSPS) is 42.6. The summed E-state index contributed by atoms with van der Waals surface area (Å²) in [5.74, 6) is 0.422. The van der Waals surface area contributed by atoms with Gasteiger partial charge in [0.1, 0.15) is 0 Å². The van der Waals surface area contributed by atoms with E-state index in [2.05, 4.69) is 18.7 Å². The maximum Gasteiger partial charge on any atom is 0.169 e. The fourth-order valence-electron chi connectivity index (χ4n) is 6.91. The van der Waals surface area contributed by atoms with Crippen LogP contribution in [0.3, 0.4) is 0 Å². The van der Waals surface area contributed by atoms with E-state index < -0.39 is 11.4 Å². The number of nitrogens with zero attached hydrogens (tertiary/aromatic N) is 1. The number of piperidine rings is 1. The summed E-state index contributed by atoms with van der Waals surface area (Å²) in [5, 5.41) is 12.3. The van der Waals surface area contributed by atoms with E-state index in [0.29, 0.717) is 13.2 Å². The van der Waals surface area contributed by atoms with E-state index in [1.807, 2.05) is 0 Å². The van der Waals surface area contributed by atoms with E-state index in [0.717, 1.165) is 44.6 Å². The molecule has 2 saturated heterocycles. The molecule has 3 atom stereocenters. The summed E-state index contributed by atoms with van der Waals surface area (Å²) in [5.41, 5.74) is 2.28. The molecule has 5 rings (SSSR count). The molecule has 4 fully saturated rings. The standard InChI is InChI=1S/C23H37NO3/c1-17-5-3-4-6-20(17)21-11-12-24(15-19-7-8-19)18(2)23(21,25)10-9-22(16-21)26-13-14-27-22/h18-19,25H,3-16H2,1-2H3/t18?,21-,23-/m1/s1. The van der Waals surface area contributed by atoms with Crippen LogP contribution in [0.5, 0.6) is 0 Å². The van der Waals surface area contributed by atoms with Crippen molar-refractivity contribution in [1.82, 2.24) is 4.90 Å². The largest absolute Gasteiger partial charge is 0.387 e. The van der Waals surface area contributed by atoms with Gasteiger partial charge in [-0.1, -0.05) is 11.1 Å². The molecule has 2 saturated carbocycles. The molecule has 4 heteroatoms. The molecule has 1 spiro atoms. The summed E-state index contributed by atoms with van der Waals surface area (Å²) in [6.07, 6.45) is 11.2. The van der Waals surface area contributed by atoms with Gasteiger partial charge in [-0.3, -0.25) is 4.90 Å². The molecule has 0 aromatic heterocycles. The number of aliphatic hydroxyl groups is 1. The van der Waals surface area contributed by atoms with Gasteiger partial charge >= 0.3 is 0 Å². The van der Waals surface area contributed by atoms with Crippen LogP contribution in [0.2, 0.25) is 0 Å². The highest BCUT2D eigenvalue weighted by Crippen LogP contribution is 2.62. The molecule has 0 radical (unpaired) electrons. The number of ether oxygens (including phenoxy) is 2. The summed E-state index contributed by atoms with van der Waals surface area (Å²) >= 11 is 0. The van der Waals surface area contributed by atoms with Gasteiger partial charge in [-0.2, -0.15) is 0 Å². The maximum absolute atomic E-state index is 12.3. The monoisotopic (exact) mass is 375 g/mol. The van der Waals surface area contributed by atoms with Crippen molar-refractivity contribution in [1.29, 1.82) is 0 Å². The fraction of sp³-hybridized carbons (Fsp3) is 0.913. The second-order valence-corrected chi connectivity index (χ2v) is 10.1. The zero-order valence-corrected chi connectivity index (χ0v) is 17.3. The molecule has 4 nitrogen and oxygen atoms in total. The van der Waals surface area contributed by atoms with Crippen LogP contribution < -0.4 is 0 Å². The molecule has 5 aliphatic rings. The minimum atomic E-state index is -0.658. The van der Waals surface area contributed by atoms with Crippen LogP contribution in [0.15, 0.2) is 11.1 Å². The lowest BCUT2D eigenvalue weighted by molar-refractivity contribution is -0.268. The number of allylic oxidation sites excluding steroid dienone is 1. The van der Waals surface area contributed by atoms with Crippen molar-refractivity contribution in [3.05, 3.63) is 11.1 Å². The molecular weight excluding hydrogens is 338 g/mol. The van der Waals surface area contributed by atoms with Crippen LogP contribution in [-0.2, 0) is 9.47 Å². The Morgan fingerprint density at radius 1 is 1.07 bits per heavy atom. The number of hydrogen-bond donors (Lipinski definition) is 1. The van der Waals surface area contributed by atoms with Crippen molar-refractivity contribution in [2.24, 2.45) is 11.3 Å². The van der Waals surface area contributed by atoms with E-state index in [9.17, 15) is 5.11 Å². The Kier molecular flexibility index (Phi) is 4.51. The Labute approximate surface area is 164 Å². The van der Waals surface area contributed by atoms with Gasteiger partial charge in [-0.05, 0) is 77.7 Å². The molecule has 1 unspecified atom stereocenters. The summed E-state index contributed by atoms with van der Waals surface area (Å²) in [7, 11) is 0. The first kappa shape index (κ1) is 18.6. The zero-order chi connectivity index (χ0) is 18.7. The average molecular weight is 376 g/mol. The van der Waals surface area contributed by atoms with Crippen LogP contribution in [0.1, 0.15) is 78.1 Å². The molecule has 2 heterocycles. The first-order valence-electron chi connectivity index (χ1n) is 11.4. The summed E-state index contributed by atoms with van der Waals surface area (Å²) in [6, 6.07) is 0.216. The predicted octanol–water partition coefficient (Wildman–Crippen LogP) is 4.03. The zero-order valence-electron chi connectivity index (χ0n) is 17.3. The minimum absolute atomic E-state index is 0.167.